The largest absolute Gasteiger partial charge is 0.459 e. The summed E-state index contributed by atoms with van der Waals surface area (Å²) >= 11 is 0. The Morgan fingerprint density at radius 3 is 2.55 bits per heavy atom. The van der Waals surface area contributed by atoms with E-state index in [9.17, 15) is 0 Å². The lowest BCUT2D eigenvalue weighted by Crippen LogP contribution is -2.39. The van der Waals surface area contributed by atoms with Crippen LogP contribution in [0.4, 0.5) is 0 Å². The maximum atomic E-state index is 5.89. The maximum Gasteiger partial charge on any atom is 0.194 e. The highest BCUT2D eigenvalue weighted by molar-refractivity contribution is 14.0. The molecule has 0 spiro atoms. The highest BCUT2D eigenvalue weighted by Crippen LogP contribution is 2.21. The topological polar surface area (TPSA) is 40.8 Å². The van der Waals surface area contributed by atoms with Gasteiger partial charge in [0.2, 0.25) is 0 Å². The first-order valence-electron chi connectivity index (χ1n) is 7.46. The highest BCUT2D eigenvalue weighted by Gasteiger charge is 2.15. The van der Waals surface area contributed by atoms with E-state index in [2.05, 4.69) is 27.3 Å². The zero-order valence-corrected chi connectivity index (χ0v) is 15.1. The minimum atomic E-state index is 0. The van der Waals surface area contributed by atoms with Crippen LogP contribution >= 0.6 is 24.0 Å². The molecule has 0 radical (unpaired) electrons. The first-order valence-corrected chi connectivity index (χ1v) is 7.46. The summed E-state index contributed by atoms with van der Waals surface area (Å²) in [5, 5.41) is 3.37. The summed E-state index contributed by atoms with van der Waals surface area (Å²) in [5.74, 6) is 2.79. The van der Waals surface area contributed by atoms with Crippen molar-refractivity contribution in [2.75, 3.05) is 20.1 Å². The number of hydrogen-bond acceptors (Lipinski definition) is 2. The minimum Gasteiger partial charge on any atom is -0.459 e. The van der Waals surface area contributed by atoms with E-state index in [1.165, 1.54) is 12.8 Å². The molecule has 1 aliphatic heterocycles. The van der Waals surface area contributed by atoms with E-state index in [1.54, 1.807) is 0 Å². The number of likely N-dealkylation sites (tertiary alicyclic amines) is 1. The average Bonchev–Trinajstić information content (AvgIpc) is 3.20. The van der Waals surface area contributed by atoms with Gasteiger partial charge in [0.1, 0.15) is 11.5 Å². The van der Waals surface area contributed by atoms with Crippen LogP contribution in [0.5, 0.6) is 0 Å². The number of halogens is 1. The highest BCUT2D eigenvalue weighted by atomic mass is 127. The molecule has 1 fully saturated rings. The van der Waals surface area contributed by atoms with Crippen molar-refractivity contribution in [1.82, 2.24) is 10.2 Å². The Morgan fingerprint density at radius 2 is 1.86 bits per heavy atom. The van der Waals surface area contributed by atoms with Crippen LogP contribution in [0.1, 0.15) is 18.6 Å². The van der Waals surface area contributed by atoms with E-state index < -0.39 is 0 Å². The predicted molar refractivity (Wildman–Crippen MR) is 101 cm³/mol. The zero-order valence-electron chi connectivity index (χ0n) is 12.8. The number of hydrogen-bond donors (Lipinski definition) is 1. The van der Waals surface area contributed by atoms with Crippen LogP contribution in [0.2, 0.25) is 0 Å². The molecule has 2 aromatic rings. The van der Waals surface area contributed by atoms with Gasteiger partial charge in [0.15, 0.2) is 5.96 Å². The Bertz CT molecular complexity index is 603. The van der Waals surface area contributed by atoms with Gasteiger partial charge in [0.25, 0.3) is 0 Å². The Labute approximate surface area is 148 Å². The third kappa shape index (κ3) is 4.03. The molecule has 1 aromatic heterocycles. The summed E-state index contributed by atoms with van der Waals surface area (Å²) in [6.45, 7) is 2.84. The van der Waals surface area contributed by atoms with Crippen molar-refractivity contribution < 1.29 is 4.42 Å². The van der Waals surface area contributed by atoms with Gasteiger partial charge in [-0.25, -0.2) is 0 Å². The van der Waals surface area contributed by atoms with Crippen LogP contribution in [0, 0.1) is 0 Å². The second kappa shape index (κ2) is 8.22. The number of benzene rings is 1. The fourth-order valence-electron chi connectivity index (χ4n) is 2.66. The minimum absolute atomic E-state index is 0. The molecule has 1 saturated heterocycles. The predicted octanol–water partition coefficient (Wildman–Crippen LogP) is 3.74. The molecule has 2 heterocycles. The summed E-state index contributed by atoms with van der Waals surface area (Å²) in [7, 11) is 1.83. The molecule has 4 nitrogen and oxygen atoms in total. The van der Waals surface area contributed by atoms with Gasteiger partial charge in [-0.3, -0.25) is 4.99 Å². The van der Waals surface area contributed by atoms with Gasteiger partial charge >= 0.3 is 0 Å². The molecule has 0 amide bonds. The van der Waals surface area contributed by atoms with E-state index >= 15 is 0 Å². The Morgan fingerprint density at radius 1 is 1.14 bits per heavy atom. The number of furan rings is 1. The van der Waals surface area contributed by atoms with Crippen LogP contribution in [0.25, 0.3) is 11.3 Å². The normalized spacial score (nSPS) is 14.8. The molecule has 22 heavy (non-hydrogen) atoms. The summed E-state index contributed by atoms with van der Waals surface area (Å²) in [6, 6.07) is 14.2. The van der Waals surface area contributed by atoms with Crippen molar-refractivity contribution in [2.45, 2.75) is 19.4 Å². The van der Waals surface area contributed by atoms with E-state index in [0.717, 1.165) is 36.1 Å². The zero-order chi connectivity index (χ0) is 14.5. The van der Waals surface area contributed by atoms with Gasteiger partial charge < -0.3 is 14.6 Å². The molecular weight excluding hydrogens is 389 g/mol. The van der Waals surface area contributed by atoms with Crippen molar-refractivity contribution in [1.29, 1.82) is 0 Å². The lowest BCUT2D eigenvalue weighted by Gasteiger charge is -2.20. The van der Waals surface area contributed by atoms with E-state index in [-0.39, 0.29) is 24.0 Å². The van der Waals surface area contributed by atoms with Gasteiger partial charge in [-0.1, -0.05) is 30.3 Å². The van der Waals surface area contributed by atoms with Crippen LogP contribution < -0.4 is 5.32 Å². The number of nitrogens with one attached hydrogen (secondary N) is 1. The molecule has 0 aliphatic carbocycles. The summed E-state index contributed by atoms with van der Waals surface area (Å²) in [4.78, 5) is 6.63. The monoisotopic (exact) mass is 411 g/mol. The van der Waals surface area contributed by atoms with E-state index in [4.69, 9.17) is 4.42 Å². The molecule has 1 N–H and O–H groups in total. The van der Waals surface area contributed by atoms with Crippen molar-refractivity contribution in [3.8, 4) is 11.3 Å². The molecule has 5 heteroatoms. The van der Waals surface area contributed by atoms with Crippen molar-refractivity contribution >= 4 is 29.9 Å². The Balaban J connectivity index is 0.00000176. The van der Waals surface area contributed by atoms with Gasteiger partial charge in [0.05, 0.1) is 6.54 Å². The van der Waals surface area contributed by atoms with Crippen molar-refractivity contribution in [3.63, 3.8) is 0 Å². The van der Waals surface area contributed by atoms with Gasteiger partial charge in [-0.2, -0.15) is 0 Å². The molecular formula is C17H22IN3O. The second-order valence-corrected chi connectivity index (χ2v) is 5.23. The van der Waals surface area contributed by atoms with E-state index in [1.807, 2.05) is 37.4 Å². The first-order chi connectivity index (χ1) is 10.4. The first kappa shape index (κ1) is 16.9. The molecule has 1 aliphatic rings. The lowest BCUT2D eigenvalue weighted by atomic mass is 10.2. The third-order valence-corrected chi connectivity index (χ3v) is 3.76. The molecule has 3 rings (SSSR count). The summed E-state index contributed by atoms with van der Waals surface area (Å²) in [5.41, 5.74) is 1.10. The molecule has 0 unspecified atom stereocenters. The second-order valence-electron chi connectivity index (χ2n) is 5.23. The van der Waals surface area contributed by atoms with Crippen molar-refractivity contribution in [2.24, 2.45) is 4.99 Å². The third-order valence-electron chi connectivity index (χ3n) is 3.76. The number of nitrogens with zero attached hydrogens (tertiary/aromatic N) is 2. The molecule has 118 valence electrons. The summed E-state index contributed by atoms with van der Waals surface area (Å²) < 4.78 is 5.89. The fraction of sp³-hybridized carbons (Fsp3) is 0.353. The summed E-state index contributed by atoms with van der Waals surface area (Å²) in [6.07, 6.45) is 2.50. The number of aliphatic imine (C=N–C) groups is 1. The van der Waals surface area contributed by atoms with E-state index in [0.29, 0.717) is 6.54 Å². The quantitative estimate of drug-likeness (QED) is 0.476. The smallest absolute Gasteiger partial charge is 0.194 e. The number of rotatable bonds is 3. The maximum absolute atomic E-state index is 5.89. The molecule has 0 bridgehead atoms. The van der Waals surface area contributed by atoms with Gasteiger partial charge in [-0.15, -0.1) is 24.0 Å². The Kier molecular flexibility index (Phi) is 6.30. The van der Waals surface area contributed by atoms with Crippen molar-refractivity contribution in [3.05, 3.63) is 48.2 Å². The van der Waals surface area contributed by atoms with Crippen LogP contribution in [0.3, 0.4) is 0 Å². The average molecular weight is 411 g/mol. The fourth-order valence-corrected chi connectivity index (χ4v) is 2.66. The molecule has 0 saturated carbocycles. The standard InChI is InChI=1S/C17H21N3O.HI/c1-18-17(20-11-5-6-12-20)19-13-15-9-10-16(21-15)14-7-3-2-4-8-14;/h2-4,7-10H,5-6,11-13H2,1H3,(H,18,19);1H. The SMILES string of the molecule is CN=C(NCc1ccc(-c2ccccc2)o1)N1CCCC1.I. The van der Waals surface area contributed by atoms with Gasteiger partial charge in [0, 0.05) is 25.7 Å². The molecule has 1 aromatic carbocycles. The van der Waals surface area contributed by atoms with Gasteiger partial charge in [-0.05, 0) is 25.0 Å². The number of guanidine groups is 1. The lowest BCUT2D eigenvalue weighted by molar-refractivity contribution is 0.473. The van der Waals surface area contributed by atoms with Crippen LogP contribution in [-0.4, -0.2) is 31.0 Å². The Hall–Kier alpha value is -1.50. The van der Waals surface area contributed by atoms with Crippen LogP contribution in [0.15, 0.2) is 51.9 Å². The van der Waals surface area contributed by atoms with Crippen LogP contribution in [-0.2, 0) is 6.54 Å². The molecule has 0 atom stereocenters.